The van der Waals surface area contributed by atoms with Gasteiger partial charge in [-0.25, -0.2) is 0 Å². The predicted octanol–water partition coefficient (Wildman–Crippen LogP) is -0.869. The maximum Gasteiger partial charge on any atom is 0.175 e. The van der Waals surface area contributed by atoms with Crippen molar-refractivity contribution in [1.82, 2.24) is 0 Å². The fraction of sp³-hybridized carbons (Fsp3) is 0.889. The number of carboxylic acids is 1. The first-order valence-electron chi connectivity index (χ1n) is 4.74. The van der Waals surface area contributed by atoms with Crippen LogP contribution in [0.2, 0.25) is 0 Å². The molecule has 0 radical (unpaired) electrons. The molecule has 4 nitrogen and oxygen atoms in total. The van der Waals surface area contributed by atoms with Crippen LogP contribution in [-0.4, -0.2) is 17.8 Å². The van der Waals surface area contributed by atoms with Gasteiger partial charge in [0, 0.05) is 5.97 Å². The zero-order valence-electron chi connectivity index (χ0n) is 8.58. The standard InChI is InChI=1S/C8H16O2.CH5NO/c1-3-5-6-7(4-2)8(9)10;2-1-3/h7H,3-6H2,1-2H3,(H,9,10);3H,1-2H2. The zero-order valence-corrected chi connectivity index (χ0v) is 8.58. The first-order chi connectivity index (χ1) is 6.13. The monoisotopic (exact) mass is 191 g/mol. The maximum atomic E-state index is 10.3. The summed E-state index contributed by atoms with van der Waals surface area (Å²) in [5, 5.41) is 17.8. The van der Waals surface area contributed by atoms with Crippen molar-refractivity contribution in [2.45, 2.75) is 39.5 Å². The van der Waals surface area contributed by atoms with Crippen molar-refractivity contribution in [2.24, 2.45) is 5.92 Å². The van der Waals surface area contributed by atoms with Crippen molar-refractivity contribution in [3.8, 4) is 0 Å². The van der Waals surface area contributed by atoms with Gasteiger partial charge in [-0.05, 0) is 18.8 Å². The SMILES string of the molecule is CCCCC(CC)C(=O)[O-].[NH3+]CO. The first-order valence-corrected chi connectivity index (χ1v) is 4.74. The van der Waals surface area contributed by atoms with Crippen LogP contribution in [0.25, 0.3) is 0 Å². The molecule has 0 fully saturated rings. The van der Waals surface area contributed by atoms with E-state index >= 15 is 0 Å². The largest absolute Gasteiger partial charge is 0.550 e. The highest BCUT2D eigenvalue weighted by molar-refractivity contribution is 5.67. The normalized spacial score (nSPS) is 11.4. The highest BCUT2D eigenvalue weighted by Gasteiger charge is 2.04. The molecular formula is C9H21NO3. The number of carbonyl (C=O) groups excluding carboxylic acids is 1. The molecule has 4 heteroatoms. The highest BCUT2D eigenvalue weighted by Crippen LogP contribution is 2.10. The molecule has 0 aliphatic heterocycles. The van der Waals surface area contributed by atoms with E-state index in [4.69, 9.17) is 5.11 Å². The lowest BCUT2D eigenvalue weighted by Crippen LogP contribution is -2.49. The number of rotatable bonds is 5. The lowest BCUT2D eigenvalue weighted by Gasteiger charge is -2.14. The number of aliphatic hydroxyl groups excluding tert-OH is 1. The number of quaternary nitrogens is 1. The Morgan fingerprint density at radius 2 is 2.00 bits per heavy atom. The summed E-state index contributed by atoms with van der Waals surface area (Å²) in [4.78, 5) is 10.3. The Morgan fingerprint density at radius 1 is 1.54 bits per heavy atom. The van der Waals surface area contributed by atoms with E-state index in [1.54, 1.807) is 0 Å². The second-order valence-corrected chi connectivity index (χ2v) is 2.79. The van der Waals surface area contributed by atoms with Gasteiger partial charge in [0.2, 0.25) is 0 Å². The Balaban J connectivity index is 0. The molecule has 13 heavy (non-hydrogen) atoms. The lowest BCUT2D eigenvalue weighted by molar-refractivity contribution is -0.421. The molecule has 1 unspecified atom stereocenters. The first kappa shape index (κ1) is 14.9. The lowest BCUT2D eigenvalue weighted by atomic mass is 10.00. The Morgan fingerprint density at radius 3 is 2.23 bits per heavy atom. The summed E-state index contributed by atoms with van der Waals surface area (Å²) in [5.41, 5.74) is 3.04. The van der Waals surface area contributed by atoms with Crippen LogP contribution in [-0.2, 0) is 4.79 Å². The molecule has 0 aromatic rings. The summed E-state index contributed by atoms with van der Waals surface area (Å²) in [6.45, 7) is 3.94. The number of carbonyl (C=O) groups is 1. The number of hydrogen-bond donors (Lipinski definition) is 2. The zero-order chi connectivity index (χ0) is 10.7. The van der Waals surface area contributed by atoms with Gasteiger partial charge in [-0.2, -0.15) is 0 Å². The summed E-state index contributed by atoms with van der Waals surface area (Å²) < 4.78 is 0. The fourth-order valence-electron chi connectivity index (χ4n) is 0.939. The summed E-state index contributed by atoms with van der Waals surface area (Å²) in [7, 11) is 0. The molecule has 0 saturated carbocycles. The van der Waals surface area contributed by atoms with E-state index in [-0.39, 0.29) is 12.6 Å². The Labute approximate surface area is 79.8 Å². The minimum absolute atomic E-state index is 0. The van der Waals surface area contributed by atoms with Crippen molar-refractivity contribution < 1.29 is 20.7 Å². The Kier molecular flexibility index (Phi) is 13.0. The quantitative estimate of drug-likeness (QED) is 0.554. The molecule has 80 valence electrons. The van der Waals surface area contributed by atoms with E-state index in [2.05, 4.69) is 12.7 Å². The van der Waals surface area contributed by atoms with Gasteiger partial charge in [0.05, 0.1) is 0 Å². The molecule has 0 aromatic carbocycles. The third-order valence-corrected chi connectivity index (χ3v) is 1.73. The van der Waals surface area contributed by atoms with Crippen molar-refractivity contribution in [1.29, 1.82) is 0 Å². The van der Waals surface area contributed by atoms with Gasteiger partial charge in [-0.3, -0.25) is 0 Å². The third-order valence-electron chi connectivity index (χ3n) is 1.73. The van der Waals surface area contributed by atoms with E-state index in [1.165, 1.54) is 0 Å². The Bertz CT molecular complexity index is 117. The second-order valence-electron chi connectivity index (χ2n) is 2.79. The minimum Gasteiger partial charge on any atom is -0.550 e. The number of aliphatic hydroxyl groups is 1. The molecule has 0 aliphatic carbocycles. The highest BCUT2D eigenvalue weighted by atomic mass is 16.4. The average molecular weight is 191 g/mol. The van der Waals surface area contributed by atoms with Gasteiger partial charge in [-0.15, -0.1) is 0 Å². The molecule has 0 amide bonds. The van der Waals surface area contributed by atoms with Crippen LogP contribution in [0.4, 0.5) is 0 Å². The summed E-state index contributed by atoms with van der Waals surface area (Å²) in [6.07, 6.45) is 3.52. The fourth-order valence-corrected chi connectivity index (χ4v) is 0.939. The van der Waals surface area contributed by atoms with Crippen molar-refractivity contribution in [3.63, 3.8) is 0 Å². The smallest absolute Gasteiger partial charge is 0.175 e. The molecule has 4 N–H and O–H groups in total. The van der Waals surface area contributed by atoms with Gasteiger partial charge >= 0.3 is 0 Å². The van der Waals surface area contributed by atoms with Gasteiger partial charge in [0.15, 0.2) is 6.73 Å². The molecule has 0 bridgehead atoms. The van der Waals surface area contributed by atoms with Crippen LogP contribution in [0.1, 0.15) is 39.5 Å². The molecule has 0 saturated heterocycles. The second kappa shape index (κ2) is 11.4. The van der Waals surface area contributed by atoms with E-state index in [0.717, 1.165) is 19.3 Å². The predicted molar refractivity (Wildman–Crippen MR) is 48.3 cm³/mol. The molecule has 0 spiro atoms. The number of carboxylic acid groups (broad SMARTS) is 1. The number of hydrogen-bond acceptors (Lipinski definition) is 3. The molecule has 0 aromatic heterocycles. The Hall–Kier alpha value is -0.610. The molecule has 1 atom stereocenters. The summed E-state index contributed by atoms with van der Waals surface area (Å²) in [5.74, 6) is -1.11. The topological polar surface area (TPSA) is 88.0 Å². The van der Waals surface area contributed by atoms with Crippen LogP contribution in [0.15, 0.2) is 0 Å². The molecular weight excluding hydrogens is 170 g/mol. The van der Waals surface area contributed by atoms with E-state index in [0.29, 0.717) is 6.42 Å². The van der Waals surface area contributed by atoms with Gasteiger partial charge in [0.1, 0.15) is 0 Å². The van der Waals surface area contributed by atoms with Crippen LogP contribution >= 0.6 is 0 Å². The van der Waals surface area contributed by atoms with Gasteiger partial charge < -0.3 is 20.7 Å². The van der Waals surface area contributed by atoms with E-state index < -0.39 is 5.97 Å². The number of unbranched alkanes of at least 4 members (excludes halogenated alkanes) is 1. The maximum absolute atomic E-state index is 10.3. The third kappa shape index (κ3) is 11.4. The molecule has 0 aliphatic rings. The minimum atomic E-state index is -0.893. The van der Waals surface area contributed by atoms with Crippen molar-refractivity contribution >= 4 is 5.97 Å². The van der Waals surface area contributed by atoms with E-state index in [1.807, 2.05) is 6.92 Å². The van der Waals surface area contributed by atoms with Crippen LogP contribution in [0.3, 0.4) is 0 Å². The van der Waals surface area contributed by atoms with Gasteiger partial charge in [0.25, 0.3) is 0 Å². The summed E-state index contributed by atoms with van der Waals surface area (Å²) >= 11 is 0. The van der Waals surface area contributed by atoms with Crippen molar-refractivity contribution in [3.05, 3.63) is 0 Å². The average Bonchev–Trinajstić information content (AvgIpc) is 2.06. The van der Waals surface area contributed by atoms with Gasteiger partial charge in [-0.1, -0.05) is 26.7 Å². The molecule has 0 rings (SSSR count). The molecule has 0 heterocycles. The van der Waals surface area contributed by atoms with Crippen molar-refractivity contribution in [2.75, 3.05) is 6.73 Å². The summed E-state index contributed by atoms with van der Waals surface area (Å²) in [6, 6.07) is 0. The van der Waals surface area contributed by atoms with Crippen LogP contribution in [0.5, 0.6) is 0 Å². The van der Waals surface area contributed by atoms with Crippen LogP contribution in [0, 0.1) is 5.92 Å². The van der Waals surface area contributed by atoms with Crippen LogP contribution < -0.4 is 10.8 Å². The number of aliphatic carboxylic acids is 1. The van der Waals surface area contributed by atoms with E-state index in [9.17, 15) is 9.90 Å².